The lowest BCUT2D eigenvalue weighted by Gasteiger charge is -2.25. The van der Waals surface area contributed by atoms with Crippen molar-refractivity contribution in [3.05, 3.63) is 34.4 Å². The molecular formula is C12H14N6O2. The number of benzene rings is 1. The van der Waals surface area contributed by atoms with Crippen LogP contribution in [0.3, 0.4) is 0 Å². The fourth-order valence-electron chi connectivity index (χ4n) is 2.16. The molecule has 1 saturated heterocycles. The quantitative estimate of drug-likeness (QED) is 0.634. The van der Waals surface area contributed by atoms with Gasteiger partial charge in [-0.25, -0.2) is 0 Å². The van der Waals surface area contributed by atoms with E-state index in [1.807, 2.05) is 0 Å². The van der Waals surface area contributed by atoms with Gasteiger partial charge in [0.05, 0.1) is 4.92 Å². The van der Waals surface area contributed by atoms with Crippen LogP contribution < -0.4 is 10.2 Å². The van der Waals surface area contributed by atoms with Crippen molar-refractivity contribution in [1.82, 2.24) is 20.5 Å². The summed E-state index contributed by atoms with van der Waals surface area (Å²) in [7, 11) is 0. The molecule has 0 spiro atoms. The number of aromatic nitrogens is 3. The van der Waals surface area contributed by atoms with Gasteiger partial charge in [0.2, 0.25) is 5.95 Å². The molecule has 0 saturated carbocycles. The molecule has 0 aliphatic carbocycles. The Morgan fingerprint density at radius 2 is 2.10 bits per heavy atom. The van der Waals surface area contributed by atoms with Crippen molar-refractivity contribution in [2.24, 2.45) is 0 Å². The molecule has 20 heavy (non-hydrogen) atoms. The average Bonchev–Trinajstić information content (AvgIpc) is 2.98. The molecule has 2 heterocycles. The Hall–Kier alpha value is -2.48. The number of H-pyrrole nitrogens is 1. The van der Waals surface area contributed by atoms with Gasteiger partial charge in [0.15, 0.2) is 5.82 Å². The number of nitro benzene ring substituents is 1. The lowest BCUT2D eigenvalue weighted by molar-refractivity contribution is -0.384. The van der Waals surface area contributed by atoms with Crippen LogP contribution in [0.15, 0.2) is 24.3 Å². The zero-order chi connectivity index (χ0) is 13.9. The van der Waals surface area contributed by atoms with E-state index in [-0.39, 0.29) is 5.69 Å². The van der Waals surface area contributed by atoms with Crippen molar-refractivity contribution in [3.8, 4) is 11.4 Å². The second kappa shape index (κ2) is 5.25. The standard InChI is InChI=1S/C12H14N6O2/c19-18(20)10-3-1-2-9(8-10)11-14-12(16-15-11)17-6-4-13-5-7-17/h1-3,8,13H,4-7H2,(H,14,15,16). The molecule has 0 bridgehead atoms. The van der Waals surface area contributed by atoms with E-state index in [0.29, 0.717) is 17.3 Å². The van der Waals surface area contributed by atoms with E-state index in [2.05, 4.69) is 25.4 Å². The average molecular weight is 274 g/mol. The highest BCUT2D eigenvalue weighted by atomic mass is 16.6. The molecule has 1 aromatic heterocycles. The highest BCUT2D eigenvalue weighted by molar-refractivity contribution is 5.60. The maximum absolute atomic E-state index is 10.8. The largest absolute Gasteiger partial charge is 0.337 e. The summed E-state index contributed by atoms with van der Waals surface area (Å²) >= 11 is 0. The number of nitro groups is 1. The molecule has 3 rings (SSSR count). The number of non-ortho nitro benzene ring substituents is 1. The van der Waals surface area contributed by atoms with Gasteiger partial charge in [-0.15, -0.1) is 5.10 Å². The van der Waals surface area contributed by atoms with Gasteiger partial charge in [0.25, 0.3) is 5.69 Å². The van der Waals surface area contributed by atoms with Crippen molar-refractivity contribution in [2.75, 3.05) is 31.1 Å². The maximum atomic E-state index is 10.8. The summed E-state index contributed by atoms with van der Waals surface area (Å²) in [6, 6.07) is 6.36. The Bertz CT molecular complexity index is 620. The van der Waals surface area contributed by atoms with Crippen LogP contribution >= 0.6 is 0 Å². The normalized spacial score (nSPS) is 15.3. The van der Waals surface area contributed by atoms with Gasteiger partial charge in [0, 0.05) is 43.9 Å². The minimum Gasteiger partial charge on any atom is -0.337 e. The van der Waals surface area contributed by atoms with Crippen LogP contribution in [0.25, 0.3) is 11.4 Å². The van der Waals surface area contributed by atoms with E-state index in [4.69, 9.17) is 0 Å². The summed E-state index contributed by atoms with van der Waals surface area (Å²) in [4.78, 5) is 16.9. The van der Waals surface area contributed by atoms with Crippen molar-refractivity contribution in [2.45, 2.75) is 0 Å². The molecule has 1 aliphatic rings. The SMILES string of the molecule is O=[N+]([O-])c1cccc(-c2nc(N3CCNCC3)n[nH]2)c1. The summed E-state index contributed by atoms with van der Waals surface area (Å²) in [6.45, 7) is 3.51. The lowest BCUT2D eigenvalue weighted by Crippen LogP contribution is -2.44. The smallest absolute Gasteiger partial charge is 0.270 e. The minimum atomic E-state index is -0.420. The van der Waals surface area contributed by atoms with Crippen molar-refractivity contribution in [1.29, 1.82) is 0 Å². The highest BCUT2D eigenvalue weighted by Crippen LogP contribution is 2.22. The van der Waals surface area contributed by atoms with E-state index in [9.17, 15) is 10.1 Å². The first-order chi connectivity index (χ1) is 9.74. The number of hydrogen-bond acceptors (Lipinski definition) is 6. The molecule has 0 radical (unpaired) electrons. The van der Waals surface area contributed by atoms with E-state index in [0.717, 1.165) is 26.2 Å². The predicted molar refractivity (Wildman–Crippen MR) is 73.6 cm³/mol. The van der Waals surface area contributed by atoms with Crippen LogP contribution in [0.1, 0.15) is 0 Å². The summed E-state index contributed by atoms with van der Waals surface area (Å²) in [5.74, 6) is 1.18. The van der Waals surface area contributed by atoms with Gasteiger partial charge >= 0.3 is 0 Å². The third kappa shape index (κ3) is 2.45. The number of rotatable bonds is 3. The third-order valence-electron chi connectivity index (χ3n) is 3.20. The molecule has 8 heteroatoms. The molecule has 0 amide bonds. The Labute approximate surface area is 115 Å². The second-order valence-corrected chi connectivity index (χ2v) is 4.53. The monoisotopic (exact) mass is 274 g/mol. The topological polar surface area (TPSA) is 100.0 Å². The van der Waals surface area contributed by atoms with Crippen LogP contribution in [0.2, 0.25) is 0 Å². The molecule has 2 aromatic rings. The lowest BCUT2D eigenvalue weighted by atomic mass is 10.2. The number of hydrogen-bond donors (Lipinski definition) is 2. The van der Waals surface area contributed by atoms with Gasteiger partial charge < -0.3 is 10.2 Å². The van der Waals surface area contributed by atoms with Crippen molar-refractivity contribution >= 4 is 11.6 Å². The molecule has 2 N–H and O–H groups in total. The Morgan fingerprint density at radius 1 is 1.30 bits per heavy atom. The summed E-state index contributed by atoms with van der Waals surface area (Å²) < 4.78 is 0. The van der Waals surface area contributed by atoms with E-state index in [1.165, 1.54) is 12.1 Å². The predicted octanol–water partition coefficient (Wildman–Crippen LogP) is 0.789. The summed E-state index contributed by atoms with van der Waals surface area (Å²) in [5, 5.41) is 21.1. The molecule has 104 valence electrons. The molecule has 8 nitrogen and oxygen atoms in total. The Kier molecular flexibility index (Phi) is 3.30. The fraction of sp³-hybridized carbons (Fsp3) is 0.333. The molecule has 1 aromatic carbocycles. The van der Waals surface area contributed by atoms with E-state index < -0.39 is 4.92 Å². The van der Waals surface area contributed by atoms with E-state index in [1.54, 1.807) is 12.1 Å². The van der Waals surface area contributed by atoms with Gasteiger partial charge in [-0.1, -0.05) is 12.1 Å². The molecule has 1 fully saturated rings. The number of nitrogens with zero attached hydrogens (tertiary/aromatic N) is 4. The zero-order valence-corrected chi connectivity index (χ0v) is 10.7. The minimum absolute atomic E-state index is 0.0441. The van der Waals surface area contributed by atoms with Crippen LogP contribution in [-0.4, -0.2) is 46.3 Å². The number of piperazine rings is 1. The molecule has 0 unspecified atom stereocenters. The third-order valence-corrected chi connectivity index (χ3v) is 3.20. The molecular weight excluding hydrogens is 260 g/mol. The van der Waals surface area contributed by atoms with Crippen LogP contribution in [0.5, 0.6) is 0 Å². The van der Waals surface area contributed by atoms with Gasteiger partial charge in [-0.2, -0.15) is 4.98 Å². The Morgan fingerprint density at radius 3 is 2.85 bits per heavy atom. The molecule has 1 aliphatic heterocycles. The van der Waals surface area contributed by atoms with E-state index >= 15 is 0 Å². The van der Waals surface area contributed by atoms with Gasteiger partial charge in [-0.05, 0) is 0 Å². The van der Waals surface area contributed by atoms with Gasteiger partial charge in [-0.3, -0.25) is 15.2 Å². The fourth-order valence-corrected chi connectivity index (χ4v) is 2.16. The molecule has 0 atom stereocenters. The second-order valence-electron chi connectivity index (χ2n) is 4.53. The van der Waals surface area contributed by atoms with Crippen LogP contribution in [0, 0.1) is 10.1 Å². The first kappa shape index (κ1) is 12.5. The van der Waals surface area contributed by atoms with Crippen LogP contribution in [-0.2, 0) is 0 Å². The first-order valence-electron chi connectivity index (χ1n) is 6.37. The zero-order valence-electron chi connectivity index (χ0n) is 10.7. The van der Waals surface area contributed by atoms with Crippen LogP contribution in [0.4, 0.5) is 11.6 Å². The highest BCUT2D eigenvalue weighted by Gasteiger charge is 2.16. The van der Waals surface area contributed by atoms with Crippen molar-refractivity contribution in [3.63, 3.8) is 0 Å². The first-order valence-corrected chi connectivity index (χ1v) is 6.37. The van der Waals surface area contributed by atoms with Gasteiger partial charge in [0.1, 0.15) is 0 Å². The summed E-state index contributed by atoms with van der Waals surface area (Å²) in [5.41, 5.74) is 0.704. The number of anilines is 1. The summed E-state index contributed by atoms with van der Waals surface area (Å²) in [6.07, 6.45) is 0. The maximum Gasteiger partial charge on any atom is 0.270 e. The van der Waals surface area contributed by atoms with Crippen molar-refractivity contribution < 1.29 is 4.92 Å². The Balaban J connectivity index is 1.85. The number of aromatic amines is 1. The number of nitrogens with one attached hydrogen (secondary N) is 2.